The normalized spacial score (nSPS) is 22.2. The topological polar surface area (TPSA) is 63.7 Å². The van der Waals surface area contributed by atoms with E-state index < -0.39 is 9.84 Å². The maximum absolute atomic E-state index is 11.9. The maximum Gasteiger partial charge on any atom is 0.410 e. The summed E-state index contributed by atoms with van der Waals surface area (Å²) in [6.07, 6.45) is 0.835. The molecule has 2 rings (SSSR count). The molecule has 0 bridgehead atoms. The smallest absolute Gasteiger partial charge is 0.410 e. The lowest BCUT2D eigenvalue weighted by Gasteiger charge is -2.45. The van der Waals surface area contributed by atoms with E-state index in [1.807, 2.05) is 37.3 Å². The summed E-state index contributed by atoms with van der Waals surface area (Å²) in [5.74, 6) is 0.130. The lowest BCUT2D eigenvalue weighted by Crippen LogP contribution is -2.59. The van der Waals surface area contributed by atoms with Crippen LogP contribution in [0.5, 0.6) is 0 Å². The Hall–Kier alpha value is -1.56. The molecule has 1 aliphatic heterocycles. The number of sulfone groups is 1. The molecule has 0 aromatic heterocycles. The summed E-state index contributed by atoms with van der Waals surface area (Å²) in [6.45, 7) is 2.53. The molecular formula is C14H19NO4S. The van der Waals surface area contributed by atoms with Gasteiger partial charge in [0.2, 0.25) is 0 Å². The minimum absolute atomic E-state index is 0.00859. The summed E-state index contributed by atoms with van der Waals surface area (Å²) < 4.78 is 27.7. The summed E-state index contributed by atoms with van der Waals surface area (Å²) in [4.78, 5) is 13.4. The van der Waals surface area contributed by atoms with E-state index in [4.69, 9.17) is 4.74 Å². The largest absolute Gasteiger partial charge is 0.445 e. The van der Waals surface area contributed by atoms with Gasteiger partial charge >= 0.3 is 6.09 Å². The minimum Gasteiger partial charge on any atom is -0.445 e. The van der Waals surface area contributed by atoms with E-state index in [1.54, 1.807) is 4.90 Å². The van der Waals surface area contributed by atoms with Gasteiger partial charge in [-0.2, -0.15) is 0 Å². The van der Waals surface area contributed by atoms with Gasteiger partial charge in [-0.05, 0) is 12.5 Å². The van der Waals surface area contributed by atoms with Crippen molar-refractivity contribution >= 4 is 15.9 Å². The van der Waals surface area contributed by atoms with E-state index >= 15 is 0 Å². The highest BCUT2D eigenvalue weighted by Crippen LogP contribution is 2.26. The van der Waals surface area contributed by atoms with Crippen LogP contribution in [0.1, 0.15) is 12.5 Å². The van der Waals surface area contributed by atoms with Gasteiger partial charge in [-0.3, -0.25) is 0 Å². The predicted molar refractivity (Wildman–Crippen MR) is 76.0 cm³/mol. The molecule has 6 heteroatoms. The SMILES string of the molecule is C[C@@H]1[C@@H](CS(C)(=O)=O)CN1C(=O)OCc1ccccc1. The van der Waals surface area contributed by atoms with Crippen molar-refractivity contribution in [2.45, 2.75) is 19.6 Å². The molecule has 1 aliphatic rings. The third-order valence-electron chi connectivity index (χ3n) is 3.56. The van der Waals surface area contributed by atoms with Crippen LogP contribution < -0.4 is 0 Å². The van der Waals surface area contributed by atoms with Crippen molar-refractivity contribution in [3.05, 3.63) is 35.9 Å². The molecule has 0 radical (unpaired) electrons. The van der Waals surface area contributed by atoms with Gasteiger partial charge in [0.15, 0.2) is 0 Å². The molecule has 1 saturated heterocycles. The number of benzene rings is 1. The number of rotatable bonds is 4. The number of hydrogen-bond donors (Lipinski definition) is 0. The van der Waals surface area contributed by atoms with Crippen molar-refractivity contribution in [3.8, 4) is 0 Å². The number of likely N-dealkylation sites (tertiary alicyclic amines) is 1. The second-order valence-electron chi connectivity index (χ2n) is 5.29. The highest BCUT2D eigenvalue weighted by Gasteiger charge is 2.41. The zero-order valence-electron chi connectivity index (χ0n) is 11.7. The Labute approximate surface area is 119 Å². The zero-order chi connectivity index (χ0) is 14.8. The summed E-state index contributed by atoms with van der Waals surface area (Å²) in [7, 11) is -3.00. The molecular weight excluding hydrogens is 278 g/mol. The van der Waals surface area contributed by atoms with E-state index in [0.29, 0.717) is 6.54 Å². The van der Waals surface area contributed by atoms with Gasteiger partial charge < -0.3 is 9.64 Å². The van der Waals surface area contributed by atoms with Gasteiger partial charge in [-0.25, -0.2) is 13.2 Å². The molecule has 1 amide bonds. The Morgan fingerprint density at radius 1 is 1.35 bits per heavy atom. The Morgan fingerprint density at radius 3 is 2.55 bits per heavy atom. The summed E-state index contributed by atoms with van der Waals surface area (Å²) >= 11 is 0. The predicted octanol–water partition coefficient (Wildman–Crippen LogP) is 1.69. The number of nitrogens with zero attached hydrogens (tertiary/aromatic N) is 1. The number of carbonyl (C=O) groups is 1. The number of carbonyl (C=O) groups excluding carboxylic acids is 1. The van der Waals surface area contributed by atoms with Crippen LogP contribution in [0.25, 0.3) is 0 Å². The molecule has 5 nitrogen and oxygen atoms in total. The second-order valence-corrected chi connectivity index (χ2v) is 7.47. The van der Waals surface area contributed by atoms with E-state index in [1.165, 1.54) is 6.26 Å². The lowest BCUT2D eigenvalue weighted by molar-refractivity contribution is 0.0185. The van der Waals surface area contributed by atoms with Crippen molar-refractivity contribution in [2.24, 2.45) is 5.92 Å². The fraction of sp³-hybridized carbons (Fsp3) is 0.500. The molecule has 0 N–H and O–H groups in total. The average Bonchev–Trinajstić information content (AvgIpc) is 2.40. The van der Waals surface area contributed by atoms with Crippen LogP contribution in [0.3, 0.4) is 0 Å². The van der Waals surface area contributed by atoms with Crippen LogP contribution in [0.4, 0.5) is 4.79 Å². The monoisotopic (exact) mass is 297 g/mol. The van der Waals surface area contributed by atoms with Crippen LogP contribution in [0, 0.1) is 5.92 Å². The van der Waals surface area contributed by atoms with Gasteiger partial charge in [0, 0.05) is 24.8 Å². The fourth-order valence-corrected chi connectivity index (χ4v) is 3.47. The van der Waals surface area contributed by atoms with Crippen LogP contribution in [0.2, 0.25) is 0 Å². The van der Waals surface area contributed by atoms with Crippen molar-refractivity contribution in [1.29, 1.82) is 0 Å². The highest BCUT2D eigenvalue weighted by molar-refractivity contribution is 7.90. The zero-order valence-corrected chi connectivity index (χ0v) is 12.5. The first-order valence-electron chi connectivity index (χ1n) is 6.52. The molecule has 20 heavy (non-hydrogen) atoms. The van der Waals surface area contributed by atoms with Crippen molar-refractivity contribution in [2.75, 3.05) is 18.6 Å². The highest BCUT2D eigenvalue weighted by atomic mass is 32.2. The molecule has 0 saturated carbocycles. The van der Waals surface area contributed by atoms with Crippen molar-refractivity contribution in [3.63, 3.8) is 0 Å². The molecule has 0 aliphatic carbocycles. The Kier molecular flexibility index (Phi) is 4.32. The van der Waals surface area contributed by atoms with Crippen molar-refractivity contribution < 1.29 is 17.9 Å². The molecule has 0 spiro atoms. The molecule has 1 aromatic carbocycles. The van der Waals surface area contributed by atoms with Gasteiger partial charge in [0.25, 0.3) is 0 Å². The van der Waals surface area contributed by atoms with Crippen LogP contribution >= 0.6 is 0 Å². The van der Waals surface area contributed by atoms with Crippen LogP contribution in [0.15, 0.2) is 30.3 Å². The minimum atomic E-state index is -3.00. The number of hydrogen-bond acceptors (Lipinski definition) is 4. The van der Waals surface area contributed by atoms with E-state index in [-0.39, 0.29) is 30.4 Å². The molecule has 0 unspecified atom stereocenters. The maximum atomic E-state index is 11.9. The molecule has 2 atom stereocenters. The summed E-state index contributed by atoms with van der Waals surface area (Å²) in [5.41, 5.74) is 0.932. The Morgan fingerprint density at radius 2 is 2.00 bits per heavy atom. The summed E-state index contributed by atoms with van der Waals surface area (Å²) in [5, 5.41) is 0. The molecule has 1 fully saturated rings. The van der Waals surface area contributed by atoms with Gasteiger partial charge in [0.05, 0.1) is 5.75 Å². The first-order valence-corrected chi connectivity index (χ1v) is 8.58. The first kappa shape index (κ1) is 14.8. The second kappa shape index (κ2) is 5.83. The summed E-state index contributed by atoms with van der Waals surface area (Å²) in [6, 6.07) is 9.36. The lowest BCUT2D eigenvalue weighted by atomic mass is 9.92. The van der Waals surface area contributed by atoms with Crippen LogP contribution in [-0.4, -0.2) is 44.0 Å². The number of amides is 1. The van der Waals surface area contributed by atoms with Gasteiger partial charge in [-0.1, -0.05) is 30.3 Å². The number of ether oxygens (including phenoxy) is 1. The van der Waals surface area contributed by atoms with E-state index in [2.05, 4.69) is 0 Å². The molecule has 110 valence electrons. The van der Waals surface area contributed by atoms with Gasteiger partial charge in [0.1, 0.15) is 16.4 Å². The third-order valence-corrected chi connectivity index (χ3v) is 4.60. The Bertz CT molecular complexity index is 570. The van der Waals surface area contributed by atoms with Crippen LogP contribution in [-0.2, 0) is 21.2 Å². The first-order chi connectivity index (χ1) is 9.37. The third kappa shape index (κ3) is 3.72. The van der Waals surface area contributed by atoms with Crippen molar-refractivity contribution in [1.82, 2.24) is 4.90 Å². The quantitative estimate of drug-likeness (QED) is 0.848. The van der Waals surface area contributed by atoms with E-state index in [0.717, 1.165) is 5.56 Å². The standard InChI is InChI=1S/C14H19NO4S/c1-11-13(10-20(2,17)18)8-15(11)14(16)19-9-12-6-4-3-5-7-12/h3-7,11,13H,8-10H2,1-2H3/t11-,13-/m1/s1. The average molecular weight is 297 g/mol. The van der Waals surface area contributed by atoms with Gasteiger partial charge in [-0.15, -0.1) is 0 Å². The van der Waals surface area contributed by atoms with E-state index in [9.17, 15) is 13.2 Å². The molecule has 1 aromatic rings. The fourth-order valence-electron chi connectivity index (χ4n) is 2.31. The molecule has 1 heterocycles. The Balaban J connectivity index is 1.81.